The Hall–Kier alpha value is -2.36. The predicted molar refractivity (Wildman–Crippen MR) is 100 cm³/mol. The van der Waals surface area contributed by atoms with E-state index in [1.807, 2.05) is 4.57 Å². The smallest absolute Gasteiger partial charge is 0.356 e. The molecule has 1 aromatic heterocycles. The van der Waals surface area contributed by atoms with Crippen molar-refractivity contribution in [1.82, 2.24) is 14.5 Å². The van der Waals surface area contributed by atoms with Gasteiger partial charge in [0.1, 0.15) is 29.3 Å². The van der Waals surface area contributed by atoms with Crippen molar-refractivity contribution in [3.05, 3.63) is 53.1 Å². The van der Waals surface area contributed by atoms with Crippen LogP contribution in [0.4, 0.5) is 8.78 Å². The lowest BCUT2D eigenvalue weighted by atomic mass is 9.93. The molecule has 2 aliphatic rings. The van der Waals surface area contributed by atoms with Gasteiger partial charge in [-0.25, -0.2) is 18.6 Å². The highest BCUT2D eigenvalue weighted by molar-refractivity contribution is 5.87. The average molecular weight is 406 g/mol. The lowest BCUT2D eigenvalue weighted by Gasteiger charge is -2.41. The van der Waals surface area contributed by atoms with Crippen LogP contribution in [0.3, 0.4) is 0 Å². The molecule has 0 aliphatic carbocycles. The zero-order chi connectivity index (χ0) is 20.5. The first-order chi connectivity index (χ1) is 14.0. The molecule has 156 valence electrons. The normalized spacial score (nSPS) is 24.9. The average Bonchev–Trinajstić information content (AvgIpc) is 3.13. The van der Waals surface area contributed by atoms with Crippen molar-refractivity contribution >= 4 is 5.97 Å². The first-order valence-corrected chi connectivity index (χ1v) is 9.75. The Morgan fingerprint density at radius 3 is 2.97 bits per heavy atom. The van der Waals surface area contributed by atoms with Crippen LogP contribution in [-0.2, 0) is 22.6 Å². The summed E-state index contributed by atoms with van der Waals surface area (Å²) in [6, 6.07) is 2.90. The molecule has 9 heteroatoms. The minimum atomic E-state index is -0.677. The molecule has 2 N–H and O–H groups in total. The molecule has 0 saturated carbocycles. The summed E-state index contributed by atoms with van der Waals surface area (Å²) >= 11 is 0. The Kier molecular flexibility index (Phi) is 5.62. The summed E-state index contributed by atoms with van der Waals surface area (Å²) in [6.45, 7) is 4.31. The third kappa shape index (κ3) is 3.90. The Morgan fingerprint density at radius 2 is 2.21 bits per heavy atom. The standard InChI is InChI=1S/C20H24F2N4O3/c1-2-28-20(27)17-9-24-18-10-25(5-6-26(17)18)13-8-16(23)19(29-11-13)14-7-12(21)3-4-15(14)22/h3-4,7,9,13,16,19H,2,5-6,8,10-11,23H2,1H3/t13-,16+,19-/m1/s1. The van der Waals surface area contributed by atoms with Crippen molar-refractivity contribution in [2.75, 3.05) is 19.8 Å². The molecular formula is C20H24F2N4O3. The monoisotopic (exact) mass is 406 g/mol. The fraction of sp³-hybridized carbons (Fsp3) is 0.500. The van der Waals surface area contributed by atoms with Gasteiger partial charge in [0.05, 0.1) is 26.0 Å². The molecule has 3 atom stereocenters. The molecule has 0 amide bonds. The van der Waals surface area contributed by atoms with Crippen LogP contribution in [0.1, 0.15) is 41.3 Å². The van der Waals surface area contributed by atoms with Crippen LogP contribution in [0.2, 0.25) is 0 Å². The number of esters is 1. The van der Waals surface area contributed by atoms with Crippen LogP contribution in [0.5, 0.6) is 0 Å². The summed E-state index contributed by atoms with van der Waals surface area (Å²) in [4.78, 5) is 18.6. The highest BCUT2D eigenvalue weighted by Crippen LogP contribution is 2.32. The number of benzene rings is 1. The van der Waals surface area contributed by atoms with Crippen molar-refractivity contribution in [3.63, 3.8) is 0 Å². The summed E-state index contributed by atoms with van der Waals surface area (Å²) in [7, 11) is 0. The van der Waals surface area contributed by atoms with Gasteiger partial charge in [0.15, 0.2) is 0 Å². The van der Waals surface area contributed by atoms with Gasteiger partial charge >= 0.3 is 5.97 Å². The number of fused-ring (bicyclic) bond motifs is 1. The molecule has 29 heavy (non-hydrogen) atoms. The number of ether oxygens (including phenoxy) is 2. The number of nitrogens with zero attached hydrogens (tertiary/aromatic N) is 3. The van der Waals surface area contributed by atoms with Crippen molar-refractivity contribution < 1.29 is 23.0 Å². The summed E-state index contributed by atoms with van der Waals surface area (Å²) in [5, 5.41) is 0. The van der Waals surface area contributed by atoms with Crippen LogP contribution in [-0.4, -0.2) is 52.3 Å². The first-order valence-electron chi connectivity index (χ1n) is 9.75. The predicted octanol–water partition coefficient (Wildman–Crippen LogP) is 2.01. The number of aromatic nitrogens is 2. The number of hydrogen-bond donors (Lipinski definition) is 1. The van der Waals surface area contributed by atoms with E-state index in [0.717, 1.165) is 24.0 Å². The summed E-state index contributed by atoms with van der Waals surface area (Å²) in [5.41, 5.74) is 6.89. The van der Waals surface area contributed by atoms with Gasteiger partial charge in [-0.2, -0.15) is 0 Å². The molecule has 1 fully saturated rings. The van der Waals surface area contributed by atoms with E-state index in [9.17, 15) is 13.6 Å². The summed E-state index contributed by atoms with van der Waals surface area (Å²) in [6.07, 6.45) is 1.46. The number of halogens is 2. The SMILES string of the molecule is CCOC(=O)c1cnc2n1CCN([C@H]1CO[C@H](c3cc(F)ccc3F)[C@@H](N)C1)C2. The first kappa shape index (κ1) is 19.9. The zero-order valence-electron chi connectivity index (χ0n) is 16.2. The van der Waals surface area contributed by atoms with Gasteiger partial charge in [-0.15, -0.1) is 0 Å². The minimum Gasteiger partial charge on any atom is -0.461 e. The fourth-order valence-corrected chi connectivity index (χ4v) is 4.11. The van der Waals surface area contributed by atoms with E-state index < -0.39 is 23.8 Å². The second-order valence-corrected chi connectivity index (χ2v) is 7.38. The molecule has 2 aliphatic heterocycles. The van der Waals surface area contributed by atoms with E-state index in [0.29, 0.717) is 45.0 Å². The van der Waals surface area contributed by atoms with E-state index >= 15 is 0 Å². The molecule has 7 nitrogen and oxygen atoms in total. The Balaban J connectivity index is 1.43. The van der Waals surface area contributed by atoms with Gasteiger partial charge in [-0.3, -0.25) is 4.90 Å². The van der Waals surface area contributed by atoms with E-state index in [1.165, 1.54) is 0 Å². The molecule has 3 heterocycles. The Bertz CT molecular complexity index is 904. The Labute approximate surface area is 167 Å². The lowest BCUT2D eigenvalue weighted by molar-refractivity contribution is -0.0575. The number of nitrogens with two attached hydrogens (primary N) is 1. The number of carbonyl (C=O) groups is 1. The molecular weight excluding hydrogens is 382 g/mol. The number of carbonyl (C=O) groups excluding carboxylic acids is 1. The highest BCUT2D eigenvalue weighted by Gasteiger charge is 2.36. The zero-order valence-corrected chi connectivity index (χ0v) is 16.2. The van der Waals surface area contributed by atoms with E-state index in [4.69, 9.17) is 15.2 Å². The molecule has 0 unspecified atom stereocenters. The van der Waals surface area contributed by atoms with Gasteiger partial charge in [0.25, 0.3) is 0 Å². The van der Waals surface area contributed by atoms with Crippen LogP contribution < -0.4 is 5.73 Å². The summed E-state index contributed by atoms with van der Waals surface area (Å²) in [5.74, 6) is -0.620. The van der Waals surface area contributed by atoms with Crippen molar-refractivity contribution in [2.45, 2.75) is 44.6 Å². The molecule has 1 aromatic carbocycles. The molecule has 4 rings (SSSR count). The quantitative estimate of drug-likeness (QED) is 0.783. The number of rotatable bonds is 4. The molecule has 2 aromatic rings. The maximum atomic E-state index is 14.1. The van der Waals surface area contributed by atoms with Gasteiger partial charge in [0, 0.05) is 30.7 Å². The van der Waals surface area contributed by atoms with E-state index in [1.54, 1.807) is 13.1 Å². The van der Waals surface area contributed by atoms with Crippen LogP contribution in [0.15, 0.2) is 24.4 Å². The van der Waals surface area contributed by atoms with Gasteiger partial charge < -0.3 is 19.8 Å². The van der Waals surface area contributed by atoms with Gasteiger partial charge in [-0.1, -0.05) is 0 Å². The summed E-state index contributed by atoms with van der Waals surface area (Å²) < 4.78 is 40.5. The van der Waals surface area contributed by atoms with Crippen molar-refractivity contribution in [3.8, 4) is 0 Å². The molecule has 0 bridgehead atoms. The molecule has 1 saturated heterocycles. The fourth-order valence-electron chi connectivity index (χ4n) is 4.11. The highest BCUT2D eigenvalue weighted by atomic mass is 19.1. The topological polar surface area (TPSA) is 82.6 Å². The number of hydrogen-bond acceptors (Lipinski definition) is 6. The third-order valence-corrected chi connectivity index (χ3v) is 5.56. The maximum Gasteiger partial charge on any atom is 0.356 e. The van der Waals surface area contributed by atoms with Crippen LogP contribution >= 0.6 is 0 Å². The van der Waals surface area contributed by atoms with Gasteiger partial charge in [-0.05, 0) is 31.5 Å². The van der Waals surface area contributed by atoms with Crippen molar-refractivity contribution in [1.29, 1.82) is 0 Å². The third-order valence-electron chi connectivity index (χ3n) is 5.56. The molecule has 0 radical (unpaired) electrons. The molecule has 0 spiro atoms. The maximum absolute atomic E-state index is 14.1. The van der Waals surface area contributed by atoms with Crippen molar-refractivity contribution in [2.24, 2.45) is 5.73 Å². The van der Waals surface area contributed by atoms with Gasteiger partial charge in [0.2, 0.25) is 0 Å². The Morgan fingerprint density at radius 1 is 1.38 bits per heavy atom. The van der Waals surface area contributed by atoms with E-state index in [2.05, 4.69) is 9.88 Å². The lowest BCUT2D eigenvalue weighted by Crippen LogP contribution is -2.51. The van der Waals surface area contributed by atoms with E-state index in [-0.39, 0.29) is 17.6 Å². The van der Waals surface area contributed by atoms with Crippen LogP contribution in [0, 0.1) is 11.6 Å². The largest absolute Gasteiger partial charge is 0.461 e. The second kappa shape index (κ2) is 8.17. The van der Waals surface area contributed by atoms with Crippen LogP contribution in [0.25, 0.3) is 0 Å². The minimum absolute atomic E-state index is 0.0364. The second-order valence-electron chi connectivity index (χ2n) is 7.38. The number of imidazole rings is 1.